The highest BCUT2D eigenvalue weighted by Crippen LogP contribution is 2.26. The molecule has 0 spiro atoms. The van der Waals surface area contributed by atoms with E-state index in [0.29, 0.717) is 19.4 Å². The quantitative estimate of drug-likeness (QED) is 0.658. The summed E-state index contributed by atoms with van der Waals surface area (Å²) in [5.41, 5.74) is 5.02. The Hall–Kier alpha value is -1.10. The van der Waals surface area contributed by atoms with Crippen molar-refractivity contribution in [2.24, 2.45) is 16.6 Å². The normalized spacial score (nSPS) is 14.0. The second kappa shape index (κ2) is 6.89. The number of carbonyl (C=O) groups is 2. The number of hydrogen-bond acceptors (Lipinski definition) is 3. The number of nitrogens with one attached hydrogen (secondary N) is 1. The predicted molar refractivity (Wildman–Crippen MR) is 75.7 cm³/mol. The van der Waals surface area contributed by atoms with Crippen LogP contribution >= 0.6 is 0 Å². The molecular formula is C14H28N2O3. The first-order valence-electron chi connectivity index (χ1n) is 6.72. The van der Waals surface area contributed by atoms with Gasteiger partial charge in [0, 0.05) is 6.42 Å². The SMILES string of the molecule is CC(C)(CCN)CCC(=O)N[C@H](C(=O)O)C(C)(C)C. The van der Waals surface area contributed by atoms with Crippen molar-refractivity contribution < 1.29 is 14.7 Å². The van der Waals surface area contributed by atoms with Crippen LogP contribution in [0.5, 0.6) is 0 Å². The van der Waals surface area contributed by atoms with Gasteiger partial charge in [-0.25, -0.2) is 4.79 Å². The van der Waals surface area contributed by atoms with Crippen molar-refractivity contribution in [1.82, 2.24) is 5.32 Å². The van der Waals surface area contributed by atoms with E-state index in [-0.39, 0.29) is 11.3 Å². The number of carboxylic acid groups (broad SMARTS) is 1. The molecule has 0 aromatic rings. The first kappa shape index (κ1) is 17.9. The Labute approximate surface area is 115 Å². The second-order valence-electron chi connectivity index (χ2n) is 6.91. The first-order chi connectivity index (χ1) is 8.49. The molecule has 0 bridgehead atoms. The van der Waals surface area contributed by atoms with Gasteiger partial charge in [0.2, 0.25) is 5.91 Å². The number of rotatable bonds is 7. The lowest BCUT2D eigenvalue weighted by atomic mass is 9.83. The predicted octanol–water partition coefficient (Wildman–Crippen LogP) is 1.76. The monoisotopic (exact) mass is 272 g/mol. The minimum absolute atomic E-state index is 0.00649. The van der Waals surface area contributed by atoms with Crippen LogP contribution in [0, 0.1) is 10.8 Å². The van der Waals surface area contributed by atoms with Crippen LogP contribution in [0.4, 0.5) is 0 Å². The number of nitrogens with two attached hydrogens (primary N) is 1. The summed E-state index contributed by atoms with van der Waals surface area (Å²) >= 11 is 0. The maximum absolute atomic E-state index is 11.8. The van der Waals surface area contributed by atoms with Crippen LogP contribution in [-0.2, 0) is 9.59 Å². The Morgan fingerprint density at radius 2 is 1.68 bits per heavy atom. The van der Waals surface area contributed by atoms with Crippen LogP contribution in [0.15, 0.2) is 0 Å². The van der Waals surface area contributed by atoms with Crippen LogP contribution in [0.1, 0.15) is 53.9 Å². The summed E-state index contributed by atoms with van der Waals surface area (Å²) in [7, 11) is 0. The molecule has 5 heteroatoms. The van der Waals surface area contributed by atoms with Crippen molar-refractivity contribution >= 4 is 11.9 Å². The Morgan fingerprint density at radius 3 is 2.05 bits per heavy atom. The zero-order valence-electron chi connectivity index (χ0n) is 12.7. The van der Waals surface area contributed by atoms with Crippen LogP contribution in [0.3, 0.4) is 0 Å². The van der Waals surface area contributed by atoms with Crippen LogP contribution < -0.4 is 11.1 Å². The number of aliphatic carboxylic acids is 1. The summed E-state index contributed by atoms with van der Waals surface area (Å²) < 4.78 is 0. The van der Waals surface area contributed by atoms with Gasteiger partial charge in [0.25, 0.3) is 0 Å². The Balaban J connectivity index is 4.41. The van der Waals surface area contributed by atoms with Gasteiger partial charge in [0.05, 0.1) is 0 Å². The van der Waals surface area contributed by atoms with Gasteiger partial charge >= 0.3 is 5.97 Å². The third-order valence-electron chi connectivity index (χ3n) is 3.27. The summed E-state index contributed by atoms with van der Waals surface area (Å²) in [4.78, 5) is 23.0. The molecule has 0 aliphatic rings. The molecule has 0 unspecified atom stereocenters. The average molecular weight is 272 g/mol. The fourth-order valence-corrected chi connectivity index (χ4v) is 1.85. The molecule has 5 nitrogen and oxygen atoms in total. The van der Waals surface area contributed by atoms with Crippen molar-refractivity contribution in [3.05, 3.63) is 0 Å². The van der Waals surface area contributed by atoms with Crippen molar-refractivity contribution in [3.8, 4) is 0 Å². The molecule has 0 aromatic carbocycles. The minimum atomic E-state index is -0.998. The molecule has 112 valence electrons. The average Bonchev–Trinajstić information content (AvgIpc) is 2.21. The van der Waals surface area contributed by atoms with Gasteiger partial charge in [0.15, 0.2) is 0 Å². The highest BCUT2D eigenvalue weighted by molar-refractivity contribution is 5.84. The van der Waals surface area contributed by atoms with E-state index in [0.717, 1.165) is 6.42 Å². The Bertz CT molecular complexity index is 319. The highest BCUT2D eigenvalue weighted by Gasteiger charge is 2.32. The topological polar surface area (TPSA) is 92.4 Å². The largest absolute Gasteiger partial charge is 0.480 e. The molecule has 0 aromatic heterocycles. The number of hydrogen-bond donors (Lipinski definition) is 3. The van der Waals surface area contributed by atoms with E-state index in [4.69, 9.17) is 10.8 Å². The third kappa shape index (κ3) is 7.15. The molecule has 1 amide bonds. The molecule has 0 heterocycles. The Morgan fingerprint density at radius 1 is 1.16 bits per heavy atom. The van der Waals surface area contributed by atoms with Crippen molar-refractivity contribution in [1.29, 1.82) is 0 Å². The van der Waals surface area contributed by atoms with E-state index in [1.807, 2.05) is 0 Å². The molecule has 0 rings (SSSR count). The molecular weight excluding hydrogens is 244 g/mol. The van der Waals surface area contributed by atoms with Crippen LogP contribution in [0.25, 0.3) is 0 Å². The summed E-state index contributed by atoms with van der Waals surface area (Å²) in [5.74, 6) is -1.21. The zero-order valence-corrected chi connectivity index (χ0v) is 12.7. The second-order valence-corrected chi connectivity index (χ2v) is 6.91. The maximum atomic E-state index is 11.8. The van der Waals surface area contributed by atoms with Crippen molar-refractivity contribution in [2.45, 2.75) is 59.9 Å². The maximum Gasteiger partial charge on any atom is 0.326 e. The third-order valence-corrected chi connectivity index (χ3v) is 3.27. The minimum Gasteiger partial charge on any atom is -0.480 e. The number of carbonyl (C=O) groups excluding carboxylic acids is 1. The summed E-state index contributed by atoms with van der Waals surface area (Å²) in [6.45, 7) is 10.1. The van der Waals surface area contributed by atoms with E-state index >= 15 is 0 Å². The number of amides is 1. The first-order valence-corrected chi connectivity index (χ1v) is 6.72. The zero-order chi connectivity index (χ0) is 15.3. The van der Waals surface area contributed by atoms with Gasteiger partial charge in [0.1, 0.15) is 6.04 Å². The Kier molecular flexibility index (Phi) is 6.49. The number of carboxylic acids is 1. The molecule has 4 N–H and O–H groups in total. The molecule has 0 aliphatic carbocycles. The van der Waals surface area contributed by atoms with Gasteiger partial charge in [-0.3, -0.25) is 4.79 Å². The van der Waals surface area contributed by atoms with Gasteiger partial charge in [-0.2, -0.15) is 0 Å². The van der Waals surface area contributed by atoms with Crippen molar-refractivity contribution in [3.63, 3.8) is 0 Å². The van der Waals surface area contributed by atoms with Gasteiger partial charge in [-0.1, -0.05) is 34.6 Å². The van der Waals surface area contributed by atoms with Crippen molar-refractivity contribution in [2.75, 3.05) is 6.54 Å². The smallest absolute Gasteiger partial charge is 0.326 e. The summed E-state index contributed by atoms with van der Waals surface area (Å²) in [6, 6.07) is -0.863. The van der Waals surface area contributed by atoms with E-state index in [1.54, 1.807) is 20.8 Å². The summed E-state index contributed by atoms with van der Waals surface area (Å²) in [6.07, 6.45) is 1.88. The van der Waals surface area contributed by atoms with Gasteiger partial charge in [-0.15, -0.1) is 0 Å². The lowest BCUT2D eigenvalue weighted by Crippen LogP contribution is -2.49. The fourth-order valence-electron chi connectivity index (χ4n) is 1.85. The molecule has 0 saturated heterocycles. The van der Waals surface area contributed by atoms with Crippen LogP contribution in [0.2, 0.25) is 0 Å². The van der Waals surface area contributed by atoms with Crippen LogP contribution in [-0.4, -0.2) is 29.6 Å². The van der Waals surface area contributed by atoms with E-state index in [2.05, 4.69) is 19.2 Å². The van der Waals surface area contributed by atoms with Gasteiger partial charge in [-0.05, 0) is 30.2 Å². The lowest BCUT2D eigenvalue weighted by Gasteiger charge is -2.29. The van der Waals surface area contributed by atoms with Gasteiger partial charge < -0.3 is 16.2 Å². The van der Waals surface area contributed by atoms with E-state index in [9.17, 15) is 9.59 Å². The standard InChI is InChI=1S/C14H28N2O3/c1-13(2,3)11(12(18)19)16-10(17)6-7-14(4,5)8-9-15/h11H,6-9,15H2,1-5H3,(H,16,17)(H,18,19)/t11-/m1/s1. The fraction of sp³-hybridized carbons (Fsp3) is 0.857. The molecule has 0 radical (unpaired) electrons. The lowest BCUT2D eigenvalue weighted by molar-refractivity contribution is -0.145. The highest BCUT2D eigenvalue weighted by atomic mass is 16.4. The summed E-state index contributed by atoms with van der Waals surface area (Å²) in [5, 5.41) is 11.7. The molecule has 1 atom stereocenters. The molecule has 19 heavy (non-hydrogen) atoms. The van der Waals surface area contributed by atoms with E-state index < -0.39 is 17.4 Å². The molecule has 0 fully saturated rings. The molecule has 0 saturated carbocycles. The molecule has 0 aliphatic heterocycles. The van der Waals surface area contributed by atoms with E-state index in [1.165, 1.54) is 0 Å².